The molecule has 48 heavy (non-hydrogen) atoms. The molecule has 0 bridgehead atoms. The Morgan fingerprint density at radius 2 is 1.75 bits per heavy atom. The van der Waals surface area contributed by atoms with Gasteiger partial charge in [-0.25, -0.2) is 9.79 Å². The maximum atomic E-state index is 13.4. The lowest BCUT2D eigenvalue weighted by Crippen LogP contribution is -2.48. The minimum Gasteiger partial charge on any atom is -0.484 e. The molecule has 254 valence electrons. The number of ether oxygens (including phenoxy) is 2. The summed E-state index contributed by atoms with van der Waals surface area (Å²) in [5, 5.41) is 23.4. The number of morpholine rings is 1. The Kier molecular flexibility index (Phi) is 10.8. The number of nitrogens with one attached hydrogen (secondary N) is 4. The van der Waals surface area contributed by atoms with Crippen molar-refractivity contribution in [3.05, 3.63) is 101 Å². The highest BCUT2D eigenvalue weighted by Crippen LogP contribution is 2.38. The van der Waals surface area contributed by atoms with Crippen molar-refractivity contribution in [2.45, 2.75) is 65.6 Å². The summed E-state index contributed by atoms with van der Waals surface area (Å²) in [5.74, 6) is 1.25. The number of hydrogen-bond acceptors (Lipinski definition) is 8. The second-order valence-corrected chi connectivity index (χ2v) is 13.5. The van der Waals surface area contributed by atoms with Crippen LogP contribution in [0.25, 0.3) is 0 Å². The zero-order valence-electron chi connectivity index (χ0n) is 28.5. The van der Waals surface area contributed by atoms with Crippen LogP contribution in [0.4, 0.5) is 10.5 Å². The zero-order valence-corrected chi connectivity index (χ0v) is 28.5. The van der Waals surface area contributed by atoms with Gasteiger partial charge in [0.1, 0.15) is 29.0 Å². The third-order valence-corrected chi connectivity index (χ3v) is 8.87. The largest absolute Gasteiger partial charge is 0.484 e. The van der Waals surface area contributed by atoms with Crippen molar-refractivity contribution in [2.75, 3.05) is 26.3 Å². The Hall–Kier alpha value is -4.74. The lowest BCUT2D eigenvalue weighted by molar-refractivity contribution is 0.0311. The van der Waals surface area contributed by atoms with Gasteiger partial charge in [-0.1, -0.05) is 62.7 Å². The third kappa shape index (κ3) is 8.59. The number of urea groups is 1. The number of rotatable bonds is 7. The average molecular weight is 653 g/mol. The van der Waals surface area contributed by atoms with Gasteiger partial charge in [-0.2, -0.15) is 0 Å². The van der Waals surface area contributed by atoms with E-state index in [1.807, 2.05) is 83.1 Å². The van der Waals surface area contributed by atoms with Crippen molar-refractivity contribution < 1.29 is 14.3 Å². The van der Waals surface area contributed by atoms with Gasteiger partial charge in [0.2, 0.25) is 0 Å². The second-order valence-electron chi connectivity index (χ2n) is 13.5. The monoisotopic (exact) mass is 652 g/mol. The molecule has 2 heterocycles. The first-order valence-electron chi connectivity index (χ1n) is 16.5. The number of aliphatic imine (C=N–C) groups is 1. The highest BCUT2D eigenvalue weighted by Gasteiger charge is 2.30. The number of nitrogens with two attached hydrogens (primary N) is 1. The standard InChI is InChI=1S/C37H48N8O3/c1-24-10-12-26(13-11-24)41-34(22-32(38)37(3,4)5)43-36(46)42-30-15-16-31(29-9-7-6-8-28(29)30)48-27-14-17-33(39)45(23-27)35(40)25(2)44-18-20-47-21-19-44/h6-14,17,22-23,25,30-31,39-40H,15-16,18-21,38H2,1-5H3,(H2,41,42,43,46)/b32-22-,39-33?,40-35?/t25-,30+,31-/m1/s1. The molecular formula is C37H48N8O3. The smallest absolute Gasteiger partial charge is 0.320 e. The summed E-state index contributed by atoms with van der Waals surface area (Å²) < 4.78 is 13.6. The summed E-state index contributed by atoms with van der Waals surface area (Å²) in [7, 11) is 0. The van der Waals surface area contributed by atoms with E-state index in [0.717, 1.165) is 29.8 Å². The normalized spacial score (nSPS) is 19.6. The summed E-state index contributed by atoms with van der Waals surface area (Å²) in [6.45, 7) is 12.8. The van der Waals surface area contributed by atoms with Crippen molar-refractivity contribution in [2.24, 2.45) is 16.1 Å². The highest BCUT2D eigenvalue weighted by atomic mass is 16.5. The molecule has 11 heteroatoms. The molecule has 2 aromatic carbocycles. The van der Waals surface area contributed by atoms with Crippen LogP contribution in [-0.2, 0) is 4.74 Å². The molecule has 6 N–H and O–H groups in total. The number of pyridine rings is 1. The fourth-order valence-corrected chi connectivity index (χ4v) is 5.81. The number of amidine groups is 1. The number of aryl methyl sites for hydroxylation is 1. The first kappa shape index (κ1) is 34.6. The van der Waals surface area contributed by atoms with Crippen molar-refractivity contribution in [1.29, 1.82) is 10.8 Å². The first-order valence-corrected chi connectivity index (χ1v) is 16.5. The van der Waals surface area contributed by atoms with Gasteiger partial charge in [-0.15, -0.1) is 0 Å². The van der Waals surface area contributed by atoms with E-state index in [9.17, 15) is 4.79 Å². The van der Waals surface area contributed by atoms with Gasteiger partial charge in [0.25, 0.3) is 0 Å². The van der Waals surface area contributed by atoms with Gasteiger partial charge >= 0.3 is 6.03 Å². The Morgan fingerprint density at radius 1 is 1.06 bits per heavy atom. The van der Waals surface area contributed by atoms with E-state index in [0.29, 0.717) is 54.9 Å². The fraction of sp³-hybridized carbons (Fsp3) is 0.405. The summed E-state index contributed by atoms with van der Waals surface area (Å²) in [6.07, 6.45) is 4.50. The lowest BCUT2D eigenvalue weighted by Gasteiger charge is -2.33. The Bertz CT molecular complexity index is 1730. The van der Waals surface area contributed by atoms with Crippen molar-refractivity contribution in [3.63, 3.8) is 0 Å². The van der Waals surface area contributed by atoms with Gasteiger partial charge in [0.05, 0.1) is 37.2 Å². The minimum absolute atomic E-state index is 0.172. The molecule has 1 aromatic heterocycles. The number of carbonyl (C=O) groups excluding carboxylic acids is 1. The molecule has 2 aliphatic rings. The molecular weight excluding hydrogens is 604 g/mol. The highest BCUT2D eigenvalue weighted by molar-refractivity contribution is 6.05. The number of amides is 2. The van der Waals surface area contributed by atoms with Gasteiger partial charge in [-0.3, -0.25) is 25.6 Å². The van der Waals surface area contributed by atoms with E-state index in [4.69, 9.17) is 26.0 Å². The summed E-state index contributed by atoms with van der Waals surface area (Å²) in [4.78, 5) is 20.3. The van der Waals surface area contributed by atoms with Crippen LogP contribution in [0.5, 0.6) is 5.75 Å². The van der Waals surface area contributed by atoms with Gasteiger partial charge < -0.3 is 20.5 Å². The van der Waals surface area contributed by atoms with Gasteiger partial charge in [0, 0.05) is 30.3 Å². The van der Waals surface area contributed by atoms with Crippen molar-refractivity contribution in [1.82, 2.24) is 20.1 Å². The molecule has 2 amide bonds. The van der Waals surface area contributed by atoms with E-state index < -0.39 is 0 Å². The molecule has 0 spiro atoms. The van der Waals surface area contributed by atoms with E-state index >= 15 is 0 Å². The summed E-state index contributed by atoms with van der Waals surface area (Å²) in [6, 6.07) is 18.4. The van der Waals surface area contributed by atoms with Crippen LogP contribution in [0, 0.1) is 23.2 Å². The lowest BCUT2D eigenvalue weighted by atomic mass is 9.85. The summed E-state index contributed by atoms with van der Waals surface area (Å²) in [5.41, 5.74) is 10.7. The van der Waals surface area contributed by atoms with E-state index in [2.05, 4.69) is 20.5 Å². The SMILES string of the molecule is Cc1ccc(N=C(/C=C(\N)C(C)(C)C)NC(=O)N[C@H]2CC[C@@H](Oc3ccc(=N)n(C(=N)[C@@H](C)N4CCOCC4)c3)c3ccccc32)cc1. The molecule has 1 saturated heterocycles. The molecule has 0 saturated carbocycles. The van der Waals surface area contributed by atoms with Crippen molar-refractivity contribution >= 4 is 23.4 Å². The molecule has 5 rings (SSSR count). The molecule has 1 aliphatic heterocycles. The quantitative estimate of drug-likeness (QED) is 0.164. The molecule has 0 unspecified atom stereocenters. The van der Waals surface area contributed by atoms with Crippen LogP contribution in [0.2, 0.25) is 0 Å². The predicted molar refractivity (Wildman–Crippen MR) is 189 cm³/mol. The first-order chi connectivity index (χ1) is 22.9. The minimum atomic E-state index is -0.377. The van der Waals surface area contributed by atoms with Gasteiger partial charge in [0.15, 0.2) is 0 Å². The van der Waals surface area contributed by atoms with E-state index in [1.165, 1.54) is 0 Å². The molecule has 1 fully saturated rings. The van der Waals surface area contributed by atoms with Crippen LogP contribution in [0.15, 0.2) is 83.6 Å². The Labute approximate surface area is 282 Å². The van der Waals surface area contributed by atoms with Crippen LogP contribution in [-0.4, -0.2) is 59.5 Å². The van der Waals surface area contributed by atoms with Crippen LogP contribution < -0.4 is 26.6 Å². The molecule has 0 radical (unpaired) electrons. The number of allylic oxidation sites excluding steroid dienone is 1. The predicted octanol–water partition coefficient (Wildman–Crippen LogP) is 5.70. The number of fused-ring (bicyclic) bond motifs is 1. The zero-order chi connectivity index (χ0) is 34.4. The molecule has 11 nitrogen and oxygen atoms in total. The maximum Gasteiger partial charge on any atom is 0.320 e. The number of aromatic nitrogens is 1. The van der Waals surface area contributed by atoms with Crippen LogP contribution in [0.1, 0.15) is 69.4 Å². The number of benzene rings is 2. The molecule has 3 atom stereocenters. The van der Waals surface area contributed by atoms with E-state index in [1.54, 1.807) is 29.0 Å². The second kappa shape index (κ2) is 15.0. The van der Waals surface area contributed by atoms with Crippen LogP contribution >= 0.6 is 0 Å². The van der Waals surface area contributed by atoms with E-state index in [-0.39, 0.29) is 35.1 Å². The number of nitrogens with zero attached hydrogens (tertiary/aromatic N) is 3. The molecule has 1 aliphatic carbocycles. The Morgan fingerprint density at radius 3 is 2.44 bits per heavy atom. The number of hydrogen-bond donors (Lipinski definition) is 5. The van der Waals surface area contributed by atoms with Crippen LogP contribution in [0.3, 0.4) is 0 Å². The fourth-order valence-electron chi connectivity index (χ4n) is 5.81. The third-order valence-electron chi connectivity index (χ3n) is 8.87. The number of carbonyl (C=O) groups is 1. The topological polar surface area (TPSA) is 154 Å². The average Bonchev–Trinajstić information content (AvgIpc) is 3.07. The molecule has 3 aromatic rings. The maximum absolute atomic E-state index is 13.4. The summed E-state index contributed by atoms with van der Waals surface area (Å²) >= 11 is 0. The van der Waals surface area contributed by atoms with Gasteiger partial charge in [-0.05, 0) is 62.1 Å². The Balaban J connectivity index is 1.31. The van der Waals surface area contributed by atoms with Crippen molar-refractivity contribution in [3.8, 4) is 5.75 Å².